The van der Waals surface area contributed by atoms with Gasteiger partial charge >= 0.3 is 5.97 Å². The average Bonchev–Trinajstić information content (AvgIpc) is 1.99. The lowest BCUT2D eigenvalue weighted by Gasteiger charge is -2.15. The van der Waals surface area contributed by atoms with Gasteiger partial charge in [-0.15, -0.1) is 0 Å². The first-order valence-corrected chi connectivity index (χ1v) is 7.48. The zero-order valence-electron chi connectivity index (χ0n) is 8.76. The highest BCUT2D eigenvalue weighted by Crippen LogP contribution is 2.00. The maximum absolute atomic E-state index is 11.4. The largest absolute Gasteiger partial charge is 0.480 e. The molecule has 0 aromatic heterocycles. The second-order valence-electron chi connectivity index (χ2n) is 3.28. The standard InChI is InChI=1S/C7H15NO5S2/c1-5(4-14(3)11)8-15(12,13)6(2)7(9)10/h5-6,8H,4H2,1-3H3,(H,9,10). The van der Waals surface area contributed by atoms with Crippen molar-refractivity contribution in [3.8, 4) is 0 Å². The van der Waals surface area contributed by atoms with Gasteiger partial charge in [-0.05, 0) is 13.8 Å². The Morgan fingerprint density at radius 2 is 1.93 bits per heavy atom. The van der Waals surface area contributed by atoms with Gasteiger partial charge < -0.3 is 5.11 Å². The summed E-state index contributed by atoms with van der Waals surface area (Å²) in [5.41, 5.74) is 0. The maximum Gasteiger partial charge on any atom is 0.323 e. The molecular formula is C7H15NO5S2. The highest BCUT2D eigenvalue weighted by atomic mass is 32.2. The van der Waals surface area contributed by atoms with Gasteiger partial charge in [0.05, 0.1) is 0 Å². The Kier molecular flexibility index (Phi) is 5.39. The maximum atomic E-state index is 11.4. The van der Waals surface area contributed by atoms with Crippen LogP contribution in [-0.4, -0.2) is 47.0 Å². The number of carbonyl (C=O) groups is 1. The van der Waals surface area contributed by atoms with Crippen molar-refractivity contribution in [2.75, 3.05) is 12.0 Å². The molecule has 0 aliphatic carbocycles. The highest BCUT2D eigenvalue weighted by molar-refractivity contribution is 7.91. The molecule has 0 rings (SSSR count). The summed E-state index contributed by atoms with van der Waals surface area (Å²) >= 11 is 0. The Balaban J connectivity index is 4.51. The van der Waals surface area contributed by atoms with Gasteiger partial charge in [-0.1, -0.05) is 0 Å². The van der Waals surface area contributed by atoms with Gasteiger partial charge in [0, 0.05) is 28.9 Å². The number of rotatable bonds is 6. The van der Waals surface area contributed by atoms with E-state index in [0.29, 0.717) is 0 Å². The topological polar surface area (TPSA) is 101 Å². The van der Waals surface area contributed by atoms with E-state index in [1.54, 1.807) is 0 Å². The van der Waals surface area contributed by atoms with Gasteiger partial charge in [-0.3, -0.25) is 9.00 Å². The van der Waals surface area contributed by atoms with Crippen LogP contribution in [0.15, 0.2) is 0 Å². The first-order valence-electron chi connectivity index (χ1n) is 4.20. The second kappa shape index (κ2) is 5.57. The lowest BCUT2D eigenvalue weighted by molar-refractivity contribution is -0.136. The molecule has 0 fully saturated rings. The first kappa shape index (κ1) is 14.5. The Morgan fingerprint density at radius 3 is 2.27 bits per heavy atom. The van der Waals surface area contributed by atoms with Crippen molar-refractivity contribution < 1.29 is 22.5 Å². The van der Waals surface area contributed by atoms with Gasteiger partial charge in [-0.25, -0.2) is 13.1 Å². The van der Waals surface area contributed by atoms with Gasteiger partial charge in [-0.2, -0.15) is 0 Å². The van der Waals surface area contributed by atoms with E-state index in [1.165, 1.54) is 13.2 Å². The van der Waals surface area contributed by atoms with E-state index in [4.69, 9.17) is 5.11 Å². The van der Waals surface area contributed by atoms with Crippen molar-refractivity contribution in [3.63, 3.8) is 0 Å². The molecule has 2 N–H and O–H groups in total. The molecular weight excluding hydrogens is 242 g/mol. The van der Waals surface area contributed by atoms with Crippen LogP contribution in [0, 0.1) is 0 Å². The summed E-state index contributed by atoms with van der Waals surface area (Å²) in [6.45, 7) is 2.62. The second-order valence-corrected chi connectivity index (χ2v) is 6.80. The van der Waals surface area contributed by atoms with Crippen molar-refractivity contribution in [1.82, 2.24) is 4.72 Å². The molecule has 0 aromatic carbocycles. The van der Waals surface area contributed by atoms with Crippen molar-refractivity contribution in [2.45, 2.75) is 25.1 Å². The Labute approximate surface area is 91.6 Å². The molecule has 8 heteroatoms. The van der Waals surface area contributed by atoms with Crippen LogP contribution in [0.1, 0.15) is 13.8 Å². The molecule has 0 amide bonds. The number of carboxylic acids is 1. The number of hydrogen-bond donors (Lipinski definition) is 2. The van der Waals surface area contributed by atoms with E-state index >= 15 is 0 Å². The van der Waals surface area contributed by atoms with Crippen molar-refractivity contribution in [1.29, 1.82) is 0 Å². The fourth-order valence-corrected chi connectivity index (χ4v) is 2.91. The monoisotopic (exact) mass is 257 g/mol. The molecule has 15 heavy (non-hydrogen) atoms. The number of aliphatic carboxylic acids is 1. The lowest BCUT2D eigenvalue weighted by Crippen LogP contribution is -2.43. The van der Waals surface area contributed by atoms with E-state index in [2.05, 4.69) is 4.72 Å². The summed E-state index contributed by atoms with van der Waals surface area (Å²) in [5.74, 6) is -1.25. The summed E-state index contributed by atoms with van der Waals surface area (Å²) in [6.07, 6.45) is 1.45. The Morgan fingerprint density at radius 1 is 1.47 bits per heavy atom. The number of nitrogens with one attached hydrogen (secondary N) is 1. The molecule has 3 atom stereocenters. The number of carboxylic acid groups (broad SMARTS) is 1. The third-order valence-corrected chi connectivity index (χ3v) is 4.50. The summed E-state index contributed by atoms with van der Waals surface area (Å²) < 4.78 is 35.7. The van der Waals surface area contributed by atoms with Crippen LogP contribution in [-0.2, 0) is 25.6 Å². The minimum Gasteiger partial charge on any atom is -0.480 e. The predicted octanol–water partition coefficient (Wildman–Crippen LogP) is -0.854. The molecule has 0 aliphatic heterocycles. The van der Waals surface area contributed by atoms with E-state index in [-0.39, 0.29) is 5.75 Å². The van der Waals surface area contributed by atoms with Crippen molar-refractivity contribution in [3.05, 3.63) is 0 Å². The van der Waals surface area contributed by atoms with Gasteiger partial charge in [0.25, 0.3) is 0 Å². The number of hydrogen-bond acceptors (Lipinski definition) is 4. The van der Waals surface area contributed by atoms with Crippen LogP contribution >= 0.6 is 0 Å². The van der Waals surface area contributed by atoms with Crippen LogP contribution in [0.25, 0.3) is 0 Å². The summed E-state index contributed by atoms with van der Waals surface area (Å²) in [6, 6.07) is -0.539. The molecule has 3 unspecified atom stereocenters. The molecule has 0 saturated heterocycles. The fourth-order valence-electron chi connectivity index (χ4n) is 0.901. The van der Waals surface area contributed by atoms with Gasteiger partial charge in [0.2, 0.25) is 10.0 Å². The predicted molar refractivity (Wildman–Crippen MR) is 57.5 cm³/mol. The van der Waals surface area contributed by atoms with E-state index in [0.717, 1.165) is 6.92 Å². The van der Waals surface area contributed by atoms with Crippen LogP contribution in [0.3, 0.4) is 0 Å². The zero-order valence-corrected chi connectivity index (χ0v) is 10.4. The molecule has 0 bridgehead atoms. The van der Waals surface area contributed by atoms with Crippen LogP contribution in [0.2, 0.25) is 0 Å². The Hall–Kier alpha value is -0.470. The summed E-state index contributed by atoms with van der Waals surface area (Å²) in [7, 11) is -5.02. The normalized spacial score (nSPS) is 18.1. The summed E-state index contributed by atoms with van der Waals surface area (Å²) in [5, 5.41) is 7.02. The Bertz CT molecular complexity index is 350. The third-order valence-electron chi connectivity index (χ3n) is 1.66. The minimum absolute atomic E-state index is 0.158. The smallest absolute Gasteiger partial charge is 0.323 e. The highest BCUT2D eigenvalue weighted by Gasteiger charge is 2.28. The molecule has 6 nitrogen and oxygen atoms in total. The van der Waals surface area contributed by atoms with E-state index in [1.807, 2.05) is 0 Å². The first-order chi connectivity index (χ1) is 6.66. The third kappa shape index (κ3) is 5.24. The molecule has 0 saturated carbocycles. The van der Waals surface area contributed by atoms with Crippen molar-refractivity contribution in [2.24, 2.45) is 0 Å². The SMILES string of the molecule is CC(CS(C)=O)NS(=O)(=O)C(C)C(=O)O. The van der Waals surface area contributed by atoms with Crippen LogP contribution in [0.5, 0.6) is 0 Å². The van der Waals surface area contributed by atoms with Gasteiger partial charge in [0.15, 0.2) is 5.25 Å². The number of sulfonamides is 1. The average molecular weight is 257 g/mol. The molecule has 0 spiro atoms. The lowest BCUT2D eigenvalue weighted by atomic mass is 10.4. The van der Waals surface area contributed by atoms with Crippen LogP contribution in [0.4, 0.5) is 0 Å². The fraction of sp³-hybridized carbons (Fsp3) is 0.857. The molecule has 0 aliphatic rings. The zero-order chi connectivity index (χ0) is 12.2. The van der Waals surface area contributed by atoms with Gasteiger partial charge in [0.1, 0.15) is 0 Å². The van der Waals surface area contributed by atoms with E-state index < -0.39 is 38.1 Å². The molecule has 0 radical (unpaired) electrons. The summed E-state index contributed by atoms with van der Waals surface area (Å²) in [4.78, 5) is 10.5. The van der Waals surface area contributed by atoms with E-state index in [9.17, 15) is 17.4 Å². The van der Waals surface area contributed by atoms with Crippen molar-refractivity contribution >= 4 is 26.8 Å². The minimum atomic E-state index is -3.89. The van der Waals surface area contributed by atoms with Crippen LogP contribution < -0.4 is 4.72 Å². The quantitative estimate of drug-likeness (QED) is 0.645. The molecule has 0 heterocycles. The molecule has 90 valence electrons. The molecule has 0 aromatic rings.